The van der Waals surface area contributed by atoms with Gasteiger partial charge < -0.3 is 5.11 Å². The summed E-state index contributed by atoms with van der Waals surface area (Å²) in [7, 11) is -3.96. The van der Waals surface area contributed by atoms with Gasteiger partial charge in [-0.25, -0.2) is 8.42 Å². The van der Waals surface area contributed by atoms with Crippen LogP contribution in [0.1, 0.15) is 22.8 Å². The third-order valence-electron chi connectivity index (χ3n) is 3.38. The molecule has 0 aliphatic rings. The molecule has 0 saturated heterocycles. The number of carboxylic acids is 1. The van der Waals surface area contributed by atoms with Crippen LogP contribution >= 0.6 is 0 Å². The highest BCUT2D eigenvalue weighted by Gasteiger charge is 2.21. The van der Waals surface area contributed by atoms with Gasteiger partial charge in [0.1, 0.15) is 6.04 Å². The first-order valence-electron chi connectivity index (χ1n) is 7.42. The minimum atomic E-state index is -3.96. The number of ketones is 1. The van der Waals surface area contributed by atoms with Crippen LogP contribution in [-0.4, -0.2) is 31.3 Å². The molecular formula is C18H17NO5S. The fourth-order valence-electron chi connectivity index (χ4n) is 1.98. The molecule has 0 amide bonds. The van der Waals surface area contributed by atoms with Gasteiger partial charge in [0.15, 0.2) is 5.78 Å². The zero-order chi connectivity index (χ0) is 18.4. The minimum absolute atomic E-state index is 0.107. The van der Waals surface area contributed by atoms with Crippen LogP contribution in [0.3, 0.4) is 0 Å². The van der Waals surface area contributed by atoms with Crippen LogP contribution in [0.2, 0.25) is 0 Å². The monoisotopic (exact) mass is 359 g/mol. The van der Waals surface area contributed by atoms with E-state index in [0.29, 0.717) is 5.56 Å². The summed E-state index contributed by atoms with van der Waals surface area (Å²) in [6, 6.07) is 13.3. The van der Waals surface area contributed by atoms with Crippen molar-refractivity contribution < 1.29 is 23.1 Å². The van der Waals surface area contributed by atoms with E-state index in [1.54, 1.807) is 6.08 Å². The first-order valence-corrected chi connectivity index (χ1v) is 8.90. The van der Waals surface area contributed by atoms with Crippen LogP contribution in [0.15, 0.2) is 65.6 Å². The van der Waals surface area contributed by atoms with E-state index in [4.69, 9.17) is 5.11 Å². The van der Waals surface area contributed by atoms with Crippen molar-refractivity contribution in [3.63, 3.8) is 0 Å². The van der Waals surface area contributed by atoms with E-state index in [1.807, 2.05) is 35.1 Å². The number of carboxylic acid groups (broad SMARTS) is 1. The van der Waals surface area contributed by atoms with Gasteiger partial charge in [0.2, 0.25) is 10.0 Å². The Morgan fingerprint density at radius 2 is 1.64 bits per heavy atom. The lowest BCUT2D eigenvalue weighted by Gasteiger charge is -2.10. The lowest BCUT2D eigenvalue weighted by molar-refractivity contribution is -0.138. The second-order valence-corrected chi connectivity index (χ2v) is 7.03. The molecule has 0 aliphatic carbocycles. The maximum atomic E-state index is 12.1. The van der Waals surface area contributed by atoms with Gasteiger partial charge in [0.05, 0.1) is 4.90 Å². The standard InChI is InChI=1S/C18H17NO5S/c1-13(18(21)22)19-25(23,24)16-10-8-15(9-11-16)17(20)12-7-14-5-3-2-4-6-14/h2-13,19H,1H3,(H,21,22)/b12-7+. The van der Waals surface area contributed by atoms with Crippen molar-refractivity contribution in [2.45, 2.75) is 17.9 Å². The molecule has 0 saturated carbocycles. The van der Waals surface area contributed by atoms with E-state index in [1.165, 1.54) is 37.3 Å². The number of aliphatic carboxylic acids is 1. The van der Waals surface area contributed by atoms with Crippen molar-refractivity contribution in [1.82, 2.24) is 4.72 Å². The van der Waals surface area contributed by atoms with Crippen molar-refractivity contribution in [2.75, 3.05) is 0 Å². The molecule has 7 heteroatoms. The Morgan fingerprint density at radius 1 is 1.04 bits per heavy atom. The first kappa shape index (κ1) is 18.6. The highest BCUT2D eigenvalue weighted by atomic mass is 32.2. The molecule has 0 fully saturated rings. The SMILES string of the molecule is CC(NS(=O)(=O)c1ccc(C(=O)/C=C/c2ccccc2)cc1)C(=O)O. The average molecular weight is 359 g/mol. The molecule has 2 aromatic carbocycles. The van der Waals surface area contributed by atoms with Crippen molar-refractivity contribution in [3.05, 3.63) is 71.8 Å². The molecule has 0 bridgehead atoms. The third kappa shape index (κ3) is 5.10. The van der Waals surface area contributed by atoms with Crippen LogP contribution in [0.5, 0.6) is 0 Å². The van der Waals surface area contributed by atoms with E-state index >= 15 is 0 Å². The Hall–Kier alpha value is -2.77. The number of carbonyl (C=O) groups is 2. The third-order valence-corrected chi connectivity index (χ3v) is 4.93. The average Bonchev–Trinajstić information content (AvgIpc) is 2.60. The van der Waals surface area contributed by atoms with Gasteiger partial charge in [-0.05, 0) is 42.8 Å². The Bertz CT molecular complexity index is 887. The summed E-state index contributed by atoms with van der Waals surface area (Å²) < 4.78 is 26.2. The number of benzene rings is 2. The maximum Gasteiger partial charge on any atom is 0.321 e. The number of carbonyl (C=O) groups excluding carboxylic acids is 1. The van der Waals surface area contributed by atoms with Crippen molar-refractivity contribution in [1.29, 1.82) is 0 Å². The Labute approximate surface area is 145 Å². The summed E-state index contributed by atoms with van der Waals surface area (Å²) in [5.41, 5.74) is 1.21. The summed E-state index contributed by atoms with van der Waals surface area (Å²) in [5.74, 6) is -1.54. The Kier molecular flexibility index (Phi) is 5.84. The van der Waals surface area contributed by atoms with Crippen LogP contribution in [0, 0.1) is 0 Å². The van der Waals surface area contributed by atoms with Crippen molar-refractivity contribution >= 4 is 27.9 Å². The van der Waals surface area contributed by atoms with Crippen molar-refractivity contribution in [3.8, 4) is 0 Å². The highest BCUT2D eigenvalue weighted by molar-refractivity contribution is 7.89. The predicted octanol–water partition coefficient (Wildman–Crippen LogP) is 2.33. The fourth-order valence-corrected chi connectivity index (χ4v) is 3.18. The summed E-state index contributed by atoms with van der Waals surface area (Å²) >= 11 is 0. The zero-order valence-electron chi connectivity index (χ0n) is 13.4. The van der Waals surface area contributed by atoms with Crippen LogP contribution < -0.4 is 4.72 Å². The molecule has 6 nitrogen and oxygen atoms in total. The van der Waals surface area contributed by atoms with Gasteiger partial charge in [-0.1, -0.05) is 36.4 Å². The zero-order valence-corrected chi connectivity index (χ0v) is 14.2. The van der Waals surface area contributed by atoms with Gasteiger partial charge in [-0.2, -0.15) is 4.72 Å². The Balaban J connectivity index is 2.12. The molecule has 2 aromatic rings. The number of nitrogens with one attached hydrogen (secondary N) is 1. The van der Waals surface area contributed by atoms with Crippen molar-refractivity contribution in [2.24, 2.45) is 0 Å². The van der Waals surface area contributed by atoms with E-state index < -0.39 is 22.0 Å². The molecular weight excluding hydrogens is 342 g/mol. The number of hydrogen-bond donors (Lipinski definition) is 2. The summed E-state index contributed by atoms with van der Waals surface area (Å²) in [6.07, 6.45) is 3.08. The largest absolute Gasteiger partial charge is 0.480 e. The molecule has 25 heavy (non-hydrogen) atoms. The lowest BCUT2D eigenvalue weighted by atomic mass is 10.1. The molecule has 2 N–H and O–H groups in total. The molecule has 2 rings (SSSR count). The van der Waals surface area contributed by atoms with Crippen LogP contribution in [0.4, 0.5) is 0 Å². The van der Waals surface area contributed by atoms with E-state index in [2.05, 4.69) is 0 Å². The molecule has 0 radical (unpaired) electrons. The van der Waals surface area contributed by atoms with Gasteiger partial charge >= 0.3 is 5.97 Å². The molecule has 0 aliphatic heterocycles. The molecule has 1 atom stereocenters. The molecule has 1 unspecified atom stereocenters. The minimum Gasteiger partial charge on any atom is -0.480 e. The summed E-state index contributed by atoms with van der Waals surface area (Å²) in [4.78, 5) is 22.8. The fraction of sp³-hybridized carbons (Fsp3) is 0.111. The molecule has 0 aromatic heterocycles. The second-order valence-electron chi connectivity index (χ2n) is 5.31. The topological polar surface area (TPSA) is 101 Å². The van der Waals surface area contributed by atoms with Crippen LogP contribution in [0.25, 0.3) is 6.08 Å². The Morgan fingerprint density at radius 3 is 2.20 bits per heavy atom. The normalized spacial score (nSPS) is 12.8. The van der Waals surface area contributed by atoms with Gasteiger partial charge in [0, 0.05) is 5.56 Å². The van der Waals surface area contributed by atoms with Crippen LogP contribution in [-0.2, 0) is 14.8 Å². The summed E-state index contributed by atoms with van der Waals surface area (Å²) in [5, 5.41) is 8.78. The van der Waals surface area contributed by atoms with E-state index in [-0.39, 0.29) is 10.7 Å². The molecule has 0 spiro atoms. The van der Waals surface area contributed by atoms with Gasteiger partial charge in [0.25, 0.3) is 0 Å². The van der Waals surface area contributed by atoms with E-state index in [0.717, 1.165) is 5.56 Å². The number of sulfonamides is 1. The number of hydrogen-bond acceptors (Lipinski definition) is 4. The number of rotatable bonds is 7. The maximum absolute atomic E-state index is 12.1. The quantitative estimate of drug-likeness (QED) is 0.584. The molecule has 130 valence electrons. The summed E-state index contributed by atoms with van der Waals surface area (Å²) in [6.45, 7) is 1.23. The highest BCUT2D eigenvalue weighted by Crippen LogP contribution is 2.13. The lowest BCUT2D eigenvalue weighted by Crippen LogP contribution is -2.38. The predicted molar refractivity (Wildman–Crippen MR) is 93.7 cm³/mol. The van der Waals surface area contributed by atoms with E-state index in [9.17, 15) is 18.0 Å². The van der Waals surface area contributed by atoms with Gasteiger partial charge in [-0.3, -0.25) is 9.59 Å². The first-order chi connectivity index (χ1) is 11.8. The number of allylic oxidation sites excluding steroid dienone is 1. The smallest absolute Gasteiger partial charge is 0.321 e. The second kappa shape index (κ2) is 7.87. The van der Waals surface area contributed by atoms with Gasteiger partial charge in [-0.15, -0.1) is 0 Å². The molecule has 0 heterocycles.